The molecule has 0 saturated carbocycles. The van der Waals surface area contributed by atoms with Crippen molar-refractivity contribution in [1.29, 1.82) is 0 Å². The number of hydrogen-bond donors (Lipinski definition) is 3. The van der Waals surface area contributed by atoms with E-state index in [2.05, 4.69) is 165 Å². The zero-order valence-corrected chi connectivity index (χ0v) is 49.1. The average Bonchev–Trinajstić information content (AvgIpc) is 3.37. The third-order valence-electron chi connectivity index (χ3n) is 12.0. The molecule has 0 fully saturated rings. The predicted molar refractivity (Wildman–Crippen MR) is 327 cm³/mol. The van der Waals surface area contributed by atoms with Crippen molar-refractivity contribution in [3.05, 3.63) is 158 Å². The Balaban J connectivity index is 4.14. The van der Waals surface area contributed by atoms with E-state index in [1.165, 1.54) is 57.8 Å². The van der Waals surface area contributed by atoms with Gasteiger partial charge in [0.25, 0.3) is 0 Å². The van der Waals surface area contributed by atoms with E-state index in [0.717, 1.165) is 122 Å². The van der Waals surface area contributed by atoms with Crippen LogP contribution in [0.15, 0.2) is 158 Å². The number of nitrogens with zero attached hydrogens (tertiary/aromatic N) is 1. The molecule has 0 radical (unpaired) electrons. The van der Waals surface area contributed by atoms with Gasteiger partial charge in [-0.05, 0) is 116 Å². The van der Waals surface area contributed by atoms with Crippen molar-refractivity contribution in [2.75, 3.05) is 40.9 Å². The van der Waals surface area contributed by atoms with Crippen molar-refractivity contribution in [1.82, 2.24) is 5.32 Å². The number of hydrogen-bond acceptors (Lipinski definition) is 5. The van der Waals surface area contributed by atoms with Crippen LogP contribution in [0.5, 0.6) is 0 Å². The van der Waals surface area contributed by atoms with E-state index in [4.69, 9.17) is 9.05 Å². The summed E-state index contributed by atoms with van der Waals surface area (Å²) in [6, 6.07) is -0.880. The van der Waals surface area contributed by atoms with Crippen molar-refractivity contribution >= 4 is 13.7 Å². The fraction of sp³-hybridized carbons (Fsp3) is 0.591. The molecule has 3 atom stereocenters. The van der Waals surface area contributed by atoms with Crippen LogP contribution in [-0.2, 0) is 18.4 Å². The van der Waals surface area contributed by atoms with Gasteiger partial charge in [-0.15, -0.1) is 0 Å². The van der Waals surface area contributed by atoms with Gasteiger partial charge in [-0.2, -0.15) is 0 Å². The van der Waals surface area contributed by atoms with Crippen molar-refractivity contribution < 1.29 is 32.9 Å². The summed E-state index contributed by atoms with van der Waals surface area (Å²) >= 11 is 0. The summed E-state index contributed by atoms with van der Waals surface area (Å²) in [4.78, 5) is 23.2. The lowest BCUT2D eigenvalue weighted by atomic mass is 10.1. The van der Waals surface area contributed by atoms with Crippen molar-refractivity contribution in [2.45, 2.75) is 212 Å². The summed E-state index contributed by atoms with van der Waals surface area (Å²) < 4.78 is 23.6. The number of phosphoric acid groups is 1. The molecular weight excluding hydrogens is 948 g/mol. The van der Waals surface area contributed by atoms with Crippen LogP contribution in [-0.4, -0.2) is 73.4 Å². The minimum Gasteiger partial charge on any atom is -0.387 e. The molecule has 0 rings (SSSR count). The van der Waals surface area contributed by atoms with Crippen LogP contribution in [0.1, 0.15) is 200 Å². The Morgan fingerprint density at radius 1 is 0.467 bits per heavy atom. The lowest BCUT2D eigenvalue weighted by Crippen LogP contribution is -2.45. The predicted octanol–water partition coefficient (Wildman–Crippen LogP) is 18.3. The molecule has 8 nitrogen and oxygen atoms in total. The number of carbonyl (C=O) groups excluding carboxylic acids is 1. The molecule has 0 aromatic carbocycles. The fourth-order valence-corrected chi connectivity index (χ4v) is 8.15. The number of quaternary nitrogens is 1. The molecule has 3 N–H and O–H groups in total. The second-order valence-electron chi connectivity index (χ2n) is 20.3. The van der Waals surface area contributed by atoms with Gasteiger partial charge in [-0.3, -0.25) is 13.8 Å². The molecule has 424 valence electrons. The Morgan fingerprint density at radius 3 is 1.23 bits per heavy atom. The van der Waals surface area contributed by atoms with Gasteiger partial charge in [0, 0.05) is 6.42 Å². The van der Waals surface area contributed by atoms with Crippen LogP contribution in [0.2, 0.25) is 0 Å². The number of carbonyl (C=O) groups is 1. The second-order valence-corrected chi connectivity index (χ2v) is 21.7. The zero-order valence-electron chi connectivity index (χ0n) is 48.2. The summed E-state index contributed by atoms with van der Waals surface area (Å²) in [7, 11) is 1.52. The highest BCUT2D eigenvalue weighted by atomic mass is 31.2. The highest BCUT2D eigenvalue weighted by Crippen LogP contribution is 2.43. The zero-order chi connectivity index (χ0) is 54.9. The van der Waals surface area contributed by atoms with Crippen LogP contribution in [0.25, 0.3) is 0 Å². The second kappa shape index (κ2) is 54.9. The summed E-state index contributed by atoms with van der Waals surface area (Å²) in [5.74, 6) is -0.207. The first-order chi connectivity index (χ1) is 36.5. The number of phosphoric ester groups is 1. The molecule has 0 aliphatic heterocycles. The van der Waals surface area contributed by atoms with Crippen LogP contribution in [0, 0.1) is 0 Å². The van der Waals surface area contributed by atoms with Crippen molar-refractivity contribution in [3.8, 4) is 0 Å². The molecule has 3 unspecified atom stereocenters. The standard InChI is InChI=1S/C66H109N2O6P/c1-6-8-10-12-14-16-18-20-21-22-23-24-25-26-27-28-29-30-31-32-33-34-35-36-37-38-39-40-41-42-43-44-45-46-47-48-50-52-54-56-58-60-66(70)67-64(63-74-75(71,72)73-62-61-68(3,4)5)65(69)59-57-55-53-51-49-19-17-15-13-11-9-7-2/h8,10,14,16,20-21,23-24,26-27,29-30,32-33,35-36,38-39,41-42,44-45,49,51,57,59,64-65,69H,6-7,9,11-13,15,17-19,22,25,28,31,34,37,40,43,46-48,50,52-56,58,60-63H2,1-5H3,(H-,67,70,71,72)/p+1/b10-8-,16-14-,21-20-,24-23-,27-26-,30-29-,33-32-,36-35-,39-38-,42-41-,45-44-,51-49+,59-57+. The quantitative estimate of drug-likeness (QED) is 0.0243. The average molecular weight is 1060 g/mol. The van der Waals surface area contributed by atoms with Crippen LogP contribution in [0.3, 0.4) is 0 Å². The number of aliphatic hydroxyl groups is 1. The van der Waals surface area contributed by atoms with Gasteiger partial charge < -0.3 is 19.8 Å². The van der Waals surface area contributed by atoms with E-state index in [1.54, 1.807) is 6.08 Å². The summed E-state index contributed by atoms with van der Waals surface area (Å²) in [5, 5.41) is 13.8. The van der Waals surface area contributed by atoms with Crippen LogP contribution >= 0.6 is 7.82 Å². The Kier molecular flexibility index (Phi) is 52.1. The number of allylic oxidation sites excluding steroid dienone is 25. The molecule has 75 heavy (non-hydrogen) atoms. The van der Waals surface area contributed by atoms with Crippen LogP contribution in [0.4, 0.5) is 0 Å². The smallest absolute Gasteiger partial charge is 0.387 e. The molecule has 1 amide bonds. The Hall–Kier alpha value is -3.88. The minimum atomic E-state index is -4.36. The van der Waals surface area contributed by atoms with E-state index in [9.17, 15) is 19.4 Å². The van der Waals surface area contributed by atoms with Gasteiger partial charge in [-0.1, -0.05) is 236 Å². The number of aliphatic hydroxyl groups excluding tert-OH is 1. The molecule has 0 aromatic heterocycles. The van der Waals surface area contributed by atoms with Crippen molar-refractivity contribution in [3.63, 3.8) is 0 Å². The maximum atomic E-state index is 12.9. The lowest BCUT2D eigenvalue weighted by molar-refractivity contribution is -0.870. The van der Waals surface area contributed by atoms with Gasteiger partial charge >= 0.3 is 7.82 Å². The third-order valence-corrected chi connectivity index (χ3v) is 13.0. The highest BCUT2D eigenvalue weighted by Gasteiger charge is 2.27. The van der Waals surface area contributed by atoms with Gasteiger partial charge in [-0.25, -0.2) is 4.57 Å². The topological polar surface area (TPSA) is 105 Å². The normalized spacial score (nSPS) is 15.0. The van der Waals surface area contributed by atoms with Crippen molar-refractivity contribution in [2.24, 2.45) is 0 Å². The Morgan fingerprint density at radius 2 is 0.813 bits per heavy atom. The summed E-state index contributed by atoms with van der Waals surface area (Å²) in [6.07, 6.45) is 86.4. The molecule has 0 spiro atoms. The van der Waals surface area contributed by atoms with Gasteiger partial charge in [0.1, 0.15) is 13.2 Å². The molecule has 0 heterocycles. The Bertz CT molecular complexity index is 1770. The fourth-order valence-electron chi connectivity index (χ4n) is 7.41. The molecule has 0 aromatic rings. The number of rotatable bonds is 51. The molecule has 0 aliphatic carbocycles. The maximum Gasteiger partial charge on any atom is 0.472 e. The van der Waals surface area contributed by atoms with Gasteiger partial charge in [0.2, 0.25) is 5.91 Å². The first kappa shape index (κ1) is 71.1. The number of unbranched alkanes of at least 4 members (excludes halogenated alkanes) is 14. The van der Waals surface area contributed by atoms with E-state index in [1.807, 2.05) is 27.2 Å². The molecule has 0 aliphatic rings. The lowest BCUT2D eigenvalue weighted by Gasteiger charge is -2.25. The number of likely N-dealkylation sites (N-methyl/N-ethyl adjacent to an activating group) is 1. The SMILES string of the molecule is CC/C=C\C/C=C\C/C=C\C/C=C\C/C=C\C/C=C\C/C=C\C/C=C\C/C=C\C/C=C\C/C=C\CCCCCCCCCC(=O)NC(COP(=O)(O)OCC[N+](C)(C)C)C(O)/C=C/CC/C=C/CCCCCCCC. The minimum absolute atomic E-state index is 0.0456. The Labute approximate surface area is 461 Å². The number of nitrogens with one attached hydrogen (secondary N) is 1. The monoisotopic (exact) mass is 1060 g/mol. The van der Waals surface area contributed by atoms with Crippen LogP contribution < -0.4 is 5.32 Å². The first-order valence-electron chi connectivity index (χ1n) is 29.4. The van der Waals surface area contributed by atoms with E-state index < -0.39 is 20.0 Å². The summed E-state index contributed by atoms with van der Waals surface area (Å²) in [6.45, 7) is 4.62. The van der Waals surface area contributed by atoms with Gasteiger partial charge in [0.15, 0.2) is 0 Å². The van der Waals surface area contributed by atoms with Gasteiger partial charge in [0.05, 0.1) is 39.9 Å². The van der Waals surface area contributed by atoms with E-state index in [0.29, 0.717) is 17.4 Å². The molecule has 0 bridgehead atoms. The summed E-state index contributed by atoms with van der Waals surface area (Å²) in [5.41, 5.74) is 0. The molecule has 9 heteroatoms. The largest absolute Gasteiger partial charge is 0.472 e. The molecular formula is C66H110N2O6P+. The highest BCUT2D eigenvalue weighted by molar-refractivity contribution is 7.47. The third kappa shape index (κ3) is 57.7. The van der Waals surface area contributed by atoms with E-state index >= 15 is 0 Å². The molecule has 0 saturated heterocycles. The first-order valence-corrected chi connectivity index (χ1v) is 30.9. The number of amides is 1. The maximum absolute atomic E-state index is 12.9. The van der Waals surface area contributed by atoms with E-state index in [-0.39, 0.29) is 19.1 Å².